The Morgan fingerprint density at radius 3 is 2.57 bits per heavy atom. The number of anilines is 1. The molecule has 0 unspecified atom stereocenters. The molecule has 0 radical (unpaired) electrons. The van der Waals surface area contributed by atoms with Gasteiger partial charge in [-0.25, -0.2) is 0 Å². The molecule has 7 nitrogen and oxygen atoms in total. The number of thioether (sulfide) groups is 1. The first-order valence-electron chi connectivity index (χ1n) is 9.20. The Hall–Kier alpha value is -2.56. The van der Waals surface area contributed by atoms with Gasteiger partial charge in [-0.3, -0.25) is 10.1 Å². The molecule has 3 aromatic heterocycles. The predicted octanol–water partition coefficient (Wildman–Crippen LogP) is 4.72. The minimum absolute atomic E-state index is 0.146. The van der Waals surface area contributed by atoms with E-state index in [2.05, 4.69) is 69.2 Å². The summed E-state index contributed by atoms with van der Waals surface area (Å²) in [5.74, 6) is 0.864. The molecular weight excluding hydrogens is 436 g/mol. The molecule has 0 aliphatic heterocycles. The highest BCUT2D eigenvalue weighted by molar-refractivity contribution is 7.99. The van der Waals surface area contributed by atoms with Crippen LogP contribution >= 0.6 is 34.4 Å². The second-order valence-corrected chi connectivity index (χ2v) is 9.98. The summed E-state index contributed by atoms with van der Waals surface area (Å²) >= 11 is 4.39. The number of thiophene rings is 1. The second kappa shape index (κ2) is 8.66. The molecule has 4 aromatic rings. The zero-order valence-electron chi connectivity index (χ0n) is 17.0. The molecule has 1 amide bonds. The molecule has 0 aliphatic carbocycles. The number of aryl methyl sites for hydroxylation is 3. The van der Waals surface area contributed by atoms with Gasteiger partial charge in [0, 0.05) is 28.4 Å². The largest absolute Gasteiger partial charge is 0.305 e. The topological polar surface area (TPSA) is 85.6 Å². The third-order valence-electron chi connectivity index (χ3n) is 4.50. The molecule has 0 aliphatic rings. The average molecular weight is 457 g/mol. The van der Waals surface area contributed by atoms with Crippen molar-refractivity contribution in [3.63, 3.8) is 0 Å². The van der Waals surface area contributed by atoms with E-state index in [1.54, 1.807) is 11.3 Å². The highest BCUT2D eigenvalue weighted by Gasteiger charge is 2.19. The fourth-order valence-electron chi connectivity index (χ4n) is 3.01. The number of carbonyl (C=O) groups excluding carboxylic acids is 1. The molecule has 0 atom stereocenters. The zero-order chi connectivity index (χ0) is 21.3. The number of hydrogen-bond donors (Lipinski definition) is 1. The van der Waals surface area contributed by atoms with Crippen LogP contribution in [0.3, 0.4) is 0 Å². The molecule has 3 heterocycles. The molecular formula is C20H20N6OS3. The molecule has 1 aromatic carbocycles. The van der Waals surface area contributed by atoms with Gasteiger partial charge >= 0.3 is 0 Å². The molecule has 0 saturated carbocycles. The van der Waals surface area contributed by atoms with Crippen LogP contribution in [0, 0.1) is 20.8 Å². The number of nitrogens with one attached hydrogen (secondary N) is 1. The van der Waals surface area contributed by atoms with Crippen molar-refractivity contribution in [3.05, 3.63) is 45.1 Å². The van der Waals surface area contributed by atoms with E-state index >= 15 is 0 Å². The Bertz CT molecular complexity index is 1190. The average Bonchev–Trinajstić information content (AvgIpc) is 3.40. The smallest absolute Gasteiger partial charge is 0.236 e. The fourth-order valence-corrected chi connectivity index (χ4v) is 5.19. The summed E-state index contributed by atoms with van der Waals surface area (Å²) in [7, 11) is 1.93. The number of rotatable bonds is 6. The van der Waals surface area contributed by atoms with E-state index in [4.69, 9.17) is 0 Å². The van der Waals surface area contributed by atoms with Crippen LogP contribution in [0.25, 0.3) is 22.5 Å². The van der Waals surface area contributed by atoms with Crippen LogP contribution in [0.1, 0.15) is 15.4 Å². The van der Waals surface area contributed by atoms with Crippen LogP contribution in [0.5, 0.6) is 0 Å². The van der Waals surface area contributed by atoms with E-state index < -0.39 is 0 Å². The molecule has 1 N–H and O–H groups in total. The SMILES string of the molecule is Cc1ccc(-c2c(-c3nnc(SCC(=O)Nc4nnc(C)s4)n3C)csc2C)cc1. The van der Waals surface area contributed by atoms with Gasteiger partial charge in [-0.2, -0.15) is 0 Å². The number of benzene rings is 1. The van der Waals surface area contributed by atoms with Crippen molar-refractivity contribution in [2.75, 3.05) is 11.1 Å². The Labute approximate surface area is 186 Å². The monoisotopic (exact) mass is 456 g/mol. The standard InChI is InChI=1S/C20H20N6OS3/c1-11-5-7-14(8-6-11)17-12(2)28-9-15(17)18-23-25-20(26(18)4)29-10-16(27)21-19-24-22-13(3)30-19/h5-9H,10H2,1-4H3,(H,21,24,27). The second-order valence-electron chi connectivity index (χ2n) is 6.77. The van der Waals surface area contributed by atoms with Gasteiger partial charge in [-0.15, -0.1) is 31.7 Å². The van der Waals surface area contributed by atoms with Gasteiger partial charge in [0.15, 0.2) is 11.0 Å². The minimum Gasteiger partial charge on any atom is -0.305 e. The van der Waals surface area contributed by atoms with Crippen molar-refractivity contribution in [1.29, 1.82) is 0 Å². The highest BCUT2D eigenvalue weighted by atomic mass is 32.2. The molecule has 30 heavy (non-hydrogen) atoms. The van der Waals surface area contributed by atoms with Crippen molar-refractivity contribution in [2.24, 2.45) is 7.05 Å². The van der Waals surface area contributed by atoms with E-state index in [-0.39, 0.29) is 11.7 Å². The summed E-state index contributed by atoms with van der Waals surface area (Å²) < 4.78 is 1.94. The van der Waals surface area contributed by atoms with Crippen LogP contribution in [0.15, 0.2) is 34.8 Å². The lowest BCUT2D eigenvalue weighted by atomic mass is 10.0. The van der Waals surface area contributed by atoms with Gasteiger partial charge in [-0.1, -0.05) is 52.9 Å². The first kappa shape index (κ1) is 20.7. The number of hydrogen-bond acceptors (Lipinski definition) is 8. The van der Waals surface area contributed by atoms with Gasteiger partial charge in [0.05, 0.1) is 5.75 Å². The van der Waals surface area contributed by atoms with Gasteiger partial charge in [0.1, 0.15) is 5.01 Å². The Morgan fingerprint density at radius 2 is 1.87 bits per heavy atom. The van der Waals surface area contributed by atoms with Gasteiger partial charge in [0.25, 0.3) is 0 Å². The molecule has 10 heteroatoms. The number of amides is 1. The van der Waals surface area contributed by atoms with Crippen LogP contribution in [0.2, 0.25) is 0 Å². The van der Waals surface area contributed by atoms with Crippen LogP contribution in [-0.4, -0.2) is 36.6 Å². The third-order valence-corrected chi connectivity index (χ3v) is 7.18. The third kappa shape index (κ3) is 4.30. The first-order valence-corrected chi connectivity index (χ1v) is 11.9. The van der Waals surface area contributed by atoms with Crippen LogP contribution < -0.4 is 5.32 Å². The Kier molecular flexibility index (Phi) is 5.98. The van der Waals surface area contributed by atoms with E-state index in [0.717, 1.165) is 16.4 Å². The Balaban J connectivity index is 1.52. The molecule has 0 bridgehead atoms. The van der Waals surface area contributed by atoms with E-state index in [1.165, 1.54) is 44.7 Å². The van der Waals surface area contributed by atoms with E-state index in [0.29, 0.717) is 10.3 Å². The lowest BCUT2D eigenvalue weighted by molar-refractivity contribution is -0.113. The highest BCUT2D eigenvalue weighted by Crippen LogP contribution is 2.38. The first-order chi connectivity index (χ1) is 14.4. The molecule has 0 spiro atoms. The number of carbonyl (C=O) groups is 1. The van der Waals surface area contributed by atoms with Crippen molar-refractivity contribution in [3.8, 4) is 22.5 Å². The van der Waals surface area contributed by atoms with Crippen LogP contribution in [-0.2, 0) is 11.8 Å². The predicted molar refractivity (Wildman–Crippen MR) is 123 cm³/mol. The summed E-state index contributed by atoms with van der Waals surface area (Å²) in [6, 6.07) is 8.51. The van der Waals surface area contributed by atoms with E-state index in [1.807, 2.05) is 18.5 Å². The Morgan fingerprint density at radius 1 is 1.10 bits per heavy atom. The van der Waals surface area contributed by atoms with Crippen molar-refractivity contribution < 1.29 is 4.79 Å². The molecule has 154 valence electrons. The lowest BCUT2D eigenvalue weighted by Crippen LogP contribution is -2.14. The molecule has 0 saturated heterocycles. The maximum atomic E-state index is 12.2. The maximum Gasteiger partial charge on any atom is 0.236 e. The van der Waals surface area contributed by atoms with Crippen molar-refractivity contribution in [2.45, 2.75) is 25.9 Å². The quantitative estimate of drug-likeness (QED) is 0.423. The maximum absolute atomic E-state index is 12.2. The summed E-state index contributed by atoms with van der Waals surface area (Å²) in [6.07, 6.45) is 0. The minimum atomic E-state index is -0.146. The number of nitrogens with zero attached hydrogens (tertiary/aromatic N) is 5. The zero-order valence-corrected chi connectivity index (χ0v) is 19.4. The van der Waals surface area contributed by atoms with Gasteiger partial charge < -0.3 is 4.57 Å². The fraction of sp³-hybridized carbons (Fsp3) is 0.250. The normalized spacial score (nSPS) is 11.1. The van der Waals surface area contributed by atoms with Crippen LogP contribution in [0.4, 0.5) is 5.13 Å². The summed E-state index contributed by atoms with van der Waals surface area (Å²) in [4.78, 5) is 13.4. The summed E-state index contributed by atoms with van der Waals surface area (Å²) in [5, 5.41) is 23.4. The van der Waals surface area contributed by atoms with Crippen molar-refractivity contribution >= 4 is 45.5 Å². The number of aromatic nitrogens is 5. The van der Waals surface area contributed by atoms with E-state index in [9.17, 15) is 4.79 Å². The van der Waals surface area contributed by atoms with Gasteiger partial charge in [0.2, 0.25) is 11.0 Å². The summed E-state index contributed by atoms with van der Waals surface area (Å²) in [6.45, 7) is 6.05. The molecule has 4 rings (SSSR count). The lowest BCUT2D eigenvalue weighted by Gasteiger charge is -2.07. The van der Waals surface area contributed by atoms with Crippen molar-refractivity contribution in [1.82, 2.24) is 25.0 Å². The van der Waals surface area contributed by atoms with Gasteiger partial charge in [-0.05, 0) is 26.3 Å². The molecule has 0 fully saturated rings. The summed E-state index contributed by atoms with van der Waals surface area (Å²) in [5.41, 5.74) is 4.62.